The van der Waals surface area contributed by atoms with Gasteiger partial charge in [0.15, 0.2) is 0 Å². The van der Waals surface area contributed by atoms with Gasteiger partial charge in [-0.15, -0.1) is 0 Å². The standard InChI is InChI=1S/C28H44O/c1-3-5-7-10-23-13-15-25(16-14-23)28(22-24-11-8-6-9-12-24)26-17-19-27(20-18-26)29-21-4-2/h6,8,17-20,23-25,28H,3-5,7,9-16,21-22H2,1-2H3. The summed E-state index contributed by atoms with van der Waals surface area (Å²) in [5.41, 5.74) is 1.57. The summed E-state index contributed by atoms with van der Waals surface area (Å²) in [5.74, 6) is 4.54. The molecule has 0 aromatic heterocycles. The first-order valence-electron chi connectivity index (χ1n) is 12.7. The first-order chi connectivity index (χ1) is 14.3. The molecule has 0 heterocycles. The van der Waals surface area contributed by atoms with Gasteiger partial charge in [-0.25, -0.2) is 0 Å². The van der Waals surface area contributed by atoms with Crippen LogP contribution < -0.4 is 4.74 Å². The fraction of sp³-hybridized carbons (Fsp3) is 0.714. The van der Waals surface area contributed by atoms with Crippen LogP contribution in [0.15, 0.2) is 36.4 Å². The molecule has 0 N–H and O–H groups in total. The molecular formula is C28H44O. The van der Waals surface area contributed by atoms with Gasteiger partial charge in [0.2, 0.25) is 0 Å². The lowest BCUT2D eigenvalue weighted by Gasteiger charge is -2.36. The Bertz CT molecular complexity index is 579. The van der Waals surface area contributed by atoms with Crippen LogP contribution in [0, 0.1) is 17.8 Å². The molecule has 0 bridgehead atoms. The SMILES string of the molecule is CCCCCC1CCC(C(CC2CC=CCC2)c2ccc(OCCC)cc2)CC1. The monoisotopic (exact) mass is 396 g/mol. The van der Waals surface area contributed by atoms with Gasteiger partial charge in [-0.1, -0.05) is 76.7 Å². The van der Waals surface area contributed by atoms with Gasteiger partial charge in [-0.3, -0.25) is 0 Å². The third-order valence-electron chi connectivity index (χ3n) is 7.42. The Hall–Kier alpha value is -1.24. The molecule has 2 unspecified atom stereocenters. The molecule has 0 radical (unpaired) electrons. The van der Waals surface area contributed by atoms with Crippen molar-refractivity contribution in [2.75, 3.05) is 6.61 Å². The van der Waals surface area contributed by atoms with Crippen LogP contribution in [0.25, 0.3) is 0 Å². The zero-order chi connectivity index (χ0) is 20.3. The van der Waals surface area contributed by atoms with Crippen molar-refractivity contribution in [3.63, 3.8) is 0 Å². The Morgan fingerprint density at radius 2 is 1.66 bits per heavy atom. The van der Waals surface area contributed by atoms with E-state index < -0.39 is 0 Å². The van der Waals surface area contributed by atoms with Crippen LogP contribution in [0.2, 0.25) is 0 Å². The lowest BCUT2D eigenvalue weighted by Crippen LogP contribution is -2.23. The van der Waals surface area contributed by atoms with Crippen molar-refractivity contribution >= 4 is 0 Å². The summed E-state index contributed by atoms with van der Waals surface area (Å²) in [7, 11) is 0. The Balaban J connectivity index is 1.62. The van der Waals surface area contributed by atoms with Gasteiger partial charge in [0.05, 0.1) is 6.61 Å². The van der Waals surface area contributed by atoms with Gasteiger partial charge in [-0.05, 0) is 86.3 Å². The van der Waals surface area contributed by atoms with E-state index in [0.717, 1.165) is 42.4 Å². The van der Waals surface area contributed by atoms with Gasteiger partial charge in [0.1, 0.15) is 5.75 Å². The largest absolute Gasteiger partial charge is 0.494 e. The van der Waals surface area contributed by atoms with E-state index >= 15 is 0 Å². The summed E-state index contributed by atoms with van der Waals surface area (Å²) in [6.07, 6.45) is 22.7. The Labute approximate surface area is 180 Å². The number of allylic oxidation sites excluding steroid dienone is 2. The van der Waals surface area contributed by atoms with Crippen molar-refractivity contribution in [1.29, 1.82) is 0 Å². The molecule has 0 aliphatic heterocycles. The van der Waals surface area contributed by atoms with Gasteiger partial charge >= 0.3 is 0 Å². The number of benzene rings is 1. The molecule has 0 spiro atoms. The predicted molar refractivity (Wildman–Crippen MR) is 126 cm³/mol. The van der Waals surface area contributed by atoms with E-state index in [0.29, 0.717) is 0 Å². The minimum atomic E-state index is 0.739. The second-order valence-corrected chi connectivity index (χ2v) is 9.69. The second-order valence-electron chi connectivity index (χ2n) is 9.69. The number of unbranched alkanes of at least 4 members (excludes halogenated alkanes) is 2. The third-order valence-corrected chi connectivity index (χ3v) is 7.42. The van der Waals surface area contributed by atoms with Crippen molar-refractivity contribution in [2.24, 2.45) is 17.8 Å². The normalized spacial score (nSPS) is 25.7. The summed E-state index contributed by atoms with van der Waals surface area (Å²) in [5, 5.41) is 0. The lowest BCUT2D eigenvalue weighted by atomic mass is 9.69. The zero-order valence-corrected chi connectivity index (χ0v) is 19.1. The van der Waals surface area contributed by atoms with Crippen molar-refractivity contribution in [3.8, 4) is 5.75 Å². The molecule has 162 valence electrons. The molecule has 1 saturated carbocycles. The number of rotatable bonds is 11. The topological polar surface area (TPSA) is 9.23 Å². The van der Waals surface area contributed by atoms with Crippen LogP contribution in [0.3, 0.4) is 0 Å². The van der Waals surface area contributed by atoms with Crippen LogP contribution in [0.5, 0.6) is 5.75 Å². The minimum Gasteiger partial charge on any atom is -0.494 e. The molecule has 1 aromatic rings. The first kappa shape index (κ1) is 22.4. The highest BCUT2D eigenvalue weighted by Gasteiger charge is 2.30. The Morgan fingerprint density at radius 3 is 2.31 bits per heavy atom. The number of hydrogen-bond acceptors (Lipinski definition) is 1. The maximum Gasteiger partial charge on any atom is 0.119 e. The summed E-state index contributed by atoms with van der Waals surface area (Å²) in [6.45, 7) is 5.31. The minimum absolute atomic E-state index is 0.739. The summed E-state index contributed by atoms with van der Waals surface area (Å²) in [6, 6.07) is 9.19. The van der Waals surface area contributed by atoms with E-state index in [-0.39, 0.29) is 0 Å². The summed E-state index contributed by atoms with van der Waals surface area (Å²) >= 11 is 0. The maximum atomic E-state index is 5.84. The van der Waals surface area contributed by atoms with Gasteiger partial charge in [-0.2, -0.15) is 0 Å². The Kier molecular flexibility index (Phi) is 9.64. The molecule has 2 atom stereocenters. The summed E-state index contributed by atoms with van der Waals surface area (Å²) < 4.78 is 5.84. The van der Waals surface area contributed by atoms with Crippen LogP contribution in [0.4, 0.5) is 0 Å². The van der Waals surface area contributed by atoms with E-state index in [4.69, 9.17) is 4.74 Å². The molecule has 29 heavy (non-hydrogen) atoms. The van der Waals surface area contributed by atoms with Crippen LogP contribution in [0.1, 0.15) is 109 Å². The molecule has 0 amide bonds. The molecular weight excluding hydrogens is 352 g/mol. The molecule has 1 heteroatoms. The average molecular weight is 397 g/mol. The molecule has 1 aromatic carbocycles. The molecule has 2 aliphatic rings. The number of hydrogen-bond donors (Lipinski definition) is 0. The fourth-order valence-corrected chi connectivity index (χ4v) is 5.62. The van der Waals surface area contributed by atoms with Crippen molar-refractivity contribution in [3.05, 3.63) is 42.0 Å². The van der Waals surface area contributed by atoms with Crippen LogP contribution in [-0.2, 0) is 0 Å². The van der Waals surface area contributed by atoms with E-state index in [1.165, 1.54) is 77.0 Å². The maximum absolute atomic E-state index is 5.84. The number of ether oxygens (including phenoxy) is 1. The molecule has 0 saturated heterocycles. The highest BCUT2D eigenvalue weighted by molar-refractivity contribution is 5.30. The summed E-state index contributed by atoms with van der Waals surface area (Å²) in [4.78, 5) is 0. The quantitative estimate of drug-likeness (QED) is 0.268. The molecule has 1 fully saturated rings. The fourth-order valence-electron chi connectivity index (χ4n) is 5.62. The van der Waals surface area contributed by atoms with Crippen molar-refractivity contribution < 1.29 is 4.74 Å². The van der Waals surface area contributed by atoms with Crippen LogP contribution in [-0.4, -0.2) is 6.61 Å². The zero-order valence-electron chi connectivity index (χ0n) is 19.1. The smallest absolute Gasteiger partial charge is 0.119 e. The van der Waals surface area contributed by atoms with E-state index in [9.17, 15) is 0 Å². The molecule has 2 aliphatic carbocycles. The predicted octanol–water partition coefficient (Wildman–Crippen LogP) is 8.69. The average Bonchev–Trinajstić information content (AvgIpc) is 2.78. The highest BCUT2D eigenvalue weighted by atomic mass is 16.5. The van der Waals surface area contributed by atoms with Crippen molar-refractivity contribution in [2.45, 2.75) is 103 Å². The van der Waals surface area contributed by atoms with Crippen LogP contribution >= 0.6 is 0 Å². The lowest BCUT2D eigenvalue weighted by molar-refractivity contribution is 0.210. The first-order valence-corrected chi connectivity index (χ1v) is 12.7. The van der Waals surface area contributed by atoms with E-state index in [1.54, 1.807) is 5.56 Å². The molecule has 3 rings (SSSR count). The van der Waals surface area contributed by atoms with E-state index in [2.05, 4.69) is 50.3 Å². The third kappa shape index (κ3) is 7.19. The van der Waals surface area contributed by atoms with Crippen molar-refractivity contribution in [1.82, 2.24) is 0 Å². The molecule has 1 nitrogen and oxygen atoms in total. The second kappa shape index (κ2) is 12.5. The van der Waals surface area contributed by atoms with Gasteiger partial charge < -0.3 is 4.74 Å². The van der Waals surface area contributed by atoms with Gasteiger partial charge in [0, 0.05) is 0 Å². The van der Waals surface area contributed by atoms with E-state index in [1.807, 2.05) is 0 Å². The Morgan fingerprint density at radius 1 is 0.862 bits per heavy atom. The van der Waals surface area contributed by atoms with Gasteiger partial charge in [0.25, 0.3) is 0 Å². The highest BCUT2D eigenvalue weighted by Crippen LogP contribution is 2.44.